The molecule has 0 saturated carbocycles. The maximum absolute atomic E-state index is 12.3. The molecule has 3 rings (SSSR count). The van der Waals surface area contributed by atoms with Crippen LogP contribution in [-0.2, 0) is 16.1 Å². The molecule has 2 heterocycles. The molecule has 0 aliphatic carbocycles. The number of aliphatic hydroxyl groups excluding tert-OH is 1. The number of carbonyl (C=O) groups excluding carboxylic acids is 1. The first kappa shape index (κ1) is 16.2. The van der Waals surface area contributed by atoms with E-state index in [9.17, 15) is 9.90 Å². The minimum atomic E-state index is -0.412. The van der Waals surface area contributed by atoms with Crippen LogP contribution in [0, 0.1) is 0 Å². The van der Waals surface area contributed by atoms with Gasteiger partial charge in [-0.25, -0.2) is 0 Å². The fourth-order valence-corrected chi connectivity index (χ4v) is 3.16. The van der Waals surface area contributed by atoms with E-state index in [1.165, 1.54) is 5.69 Å². The van der Waals surface area contributed by atoms with Gasteiger partial charge in [0.2, 0.25) is 5.91 Å². The van der Waals surface area contributed by atoms with Crippen molar-refractivity contribution in [2.75, 3.05) is 44.8 Å². The Bertz CT molecular complexity index is 528. The Kier molecular flexibility index (Phi) is 5.15. The van der Waals surface area contributed by atoms with Gasteiger partial charge in [0.1, 0.15) is 0 Å². The lowest BCUT2D eigenvalue weighted by Gasteiger charge is -2.29. The van der Waals surface area contributed by atoms with Gasteiger partial charge < -0.3 is 25.0 Å². The number of anilines is 1. The highest BCUT2D eigenvalue weighted by atomic mass is 16.5. The van der Waals surface area contributed by atoms with Gasteiger partial charge in [-0.2, -0.15) is 0 Å². The van der Waals surface area contributed by atoms with Crippen LogP contribution < -0.4 is 10.2 Å². The number of ether oxygens (including phenoxy) is 1. The lowest BCUT2D eigenvalue weighted by atomic mass is 10.1. The van der Waals surface area contributed by atoms with Crippen molar-refractivity contribution in [3.8, 4) is 0 Å². The lowest BCUT2D eigenvalue weighted by Crippen LogP contribution is -2.41. The predicted octanol–water partition coefficient (Wildman–Crippen LogP) is 0.204. The molecule has 2 fully saturated rings. The number of aliphatic hydroxyl groups is 1. The first-order chi connectivity index (χ1) is 11.1. The minimum Gasteiger partial charge on any atom is -0.392 e. The van der Waals surface area contributed by atoms with E-state index in [0.29, 0.717) is 19.5 Å². The van der Waals surface area contributed by atoms with E-state index in [1.807, 2.05) is 7.05 Å². The molecule has 0 radical (unpaired) electrons. The van der Waals surface area contributed by atoms with Gasteiger partial charge in [0, 0.05) is 38.9 Å². The van der Waals surface area contributed by atoms with Crippen LogP contribution in [0.5, 0.6) is 0 Å². The molecular formula is C17H25N3O3. The van der Waals surface area contributed by atoms with Gasteiger partial charge in [-0.3, -0.25) is 4.79 Å². The Hall–Kier alpha value is -1.63. The number of nitrogens with one attached hydrogen (secondary N) is 1. The molecule has 0 unspecified atom stereocenters. The molecule has 0 aromatic heterocycles. The van der Waals surface area contributed by atoms with E-state index in [-0.39, 0.29) is 11.9 Å². The highest BCUT2D eigenvalue weighted by Gasteiger charge is 2.29. The number of β-amino-alcohol motifs (C(OH)–C–C–N with tert-alkyl or cyclic N) is 1. The predicted molar refractivity (Wildman–Crippen MR) is 88.4 cm³/mol. The van der Waals surface area contributed by atoms with Crippen molar-refractivity contribution in [2.45, 2.75) is 25.1 Å². The summed E-state index contributed by atoms with van der Waals surface area (Å²) in [6.45, 7) is 4.48. The molecule has 6 heteroatoms. The van der Waals surface area contributed by atoms with Crippen LogP contribution in [0.1, 0.15) is 12.0 Å². The highest BCUT2D eigenvalue weighted by molar-refractivity contribution is 5.82. The molecule has 126 valence electrons. The molecule has 1 amide bonds. The summed E-state index contributed by atoms with van der Waals surface area (Å²) < 4.78 is 5.37. The van der Waals surface area contributed by atoms with Crippen LogP contribution in [0.25, 0.3) is 0 Å². The molecule has 0 spiro atoms. The molecule has 2 aliphatic heterocycles. The molecule has 1 aromatic rings. The van der Waals surface area contributed by atoms with Crippen molar-refractivity contribution >= 4 is 11.6 Å². The van der Waals surface area contributed by atoms with Gasteiger partial charge in [-0.1, -0.05) is 12.1 Å². The molecule has 0 bridgehead atoms. The van der Waals surface area contributed by atoms with Crippen LogP contribution in [0.4, 0.5) is 5.69 Å². The van der Waals surface area contributed by atoms with Crippen molar-refractivity contribution in [1.29, 1.82) is 0 Å². The SMILES string of the molecule is CN(Cc1ccc(N2CCOCC2)cc1)C(=O)[C@@H]1C[C@H](O)CN1. The zero-order valence-corrected chi connectivity index (χ0v) is 13.6. The Morgan fingerprint density at radius 3 is 2.65 bits per heavy atom. The quantitative estimate of drug-likeness (QED) is 0.830. The molecule has 6 nitrogen and oxygen atoms in total. The van der Waals surface area contributed by atoms with Crippen molar-refractivity contribution in [2.24, 2.45) is 0 Å². The van der Waals surface area contributed by atoms with E-state index < -0.39 is 6.10 Å². The number of hydrogen-bond donors (Lipinski definition) is 2. The second-order valence-corrected chi connectivity index (χ2v) is 6.31. The average molecular weight is 319 g/mol. The van der Waals surface area contributed by atoms with Gasteiger partial charge in [-0.05, 0) is 24.1 Å². The Morgan fingerprint density at radius 1 is 1.35 bits per heavy atom. The second-order valence-electron chi connectivity index (χ2n) is 6.31. The van der Waals surface area contributed by atoms with E-state index in [0.717, 1.165) is 31.9 Å². The van der Waals surface area contributed by atoms with Crippen LogP contribution >= 0.6 is 0 Å². The Morgan fingerprint density at radius 2 is 2.04 bits per heavy atom. The van der Waals surface area contributed by atoms with E-state index in [2.05, 4.69) is 34.5 Å². The monoisotopic (exact) mass is 319 g/mol. The number of carbonyl (C=O) groups is 1. The van der Waals surface area contributed by atoms with Gasteiger partial charge in [0.05, 0.1) is 25.4 Å². The van der Waals surface area contributed by atoms with Crippen molar-refractivity contribution in [1.82, 2.24) is 10.2 Å². The smallest absolute Gasteiger partial charge is 0.239 e. The molecule has 2 atom stereocenters. The topological polar surface area (TPSA) is 65.0 Å². The third kappa shape index (κ3) is 4.02. The summed E-state index contributed by atoms with van der Waals surface area (Å²) in [5.41, 5.74) is 2.31. The van der Waals surface area contributed by atoms with Crippen molar-refractivity contribution < 1.29 is 14.6 Å². The molecule has 1 aromatic carbocycles. The molecule has 2 aliphatic rings. The highest BCUT2D eigenvalue weighted by Crippen LogP contribution is 2.18. The average Bonchev–Trinajstić information content (AvgIpc) is 3.02. The maximum atomic E-state index is 12.3. The summed E-state index contributed by atoms with van der Waals surface area (Å²) in [4.78, 5) is 16.4. The minimum absolute atomic E-state index is 0.0406. The van der Waals surface area contributed by atoms with Crippen LogP contribution in [-0.4, -0.2) is 68.0 Å². The van der Waals surface area contributed by atoms with Crippen molar-refractivity contribution in [3.05, 3.63) is 29.8 Å². The van der Waals surface area contributed by atoms with E-state index in [4.69, 9.17) is 4.74 Å². The summed E-state index contributed by atoms with van der Waals surface area (Å²) in [5, 5.41) is 12.6. The third-order valence-corrected chi connectivity index (χ3v) is 4.51. The number of morpholine rings is 1. The van der Waals surface area contributed by atoms with Crippen LogP contribution in [0.3, 0.4) is 0 Å². The fourth-order valence-electron chi connectivity index (χ4n) is 3.16. The van der Waals surface area contributed by atoms with E-state index in [1.54, 1.807) is 4.90 Å². The molecule has 23 heavy (non-hydrogen) atoms. The fraction of sp³-hybridized carbons (Fsp3) is 0.588. The zero-order valence-electron chi connectivity index (χ0n) is 13.6. The molecular weight excluding hydrogens is 294 g/mol. The molecule has 2 saturated heterocycles. The largest absolute Gasteiger partial charge is 0.392 e. The number of nitrogens with zero attached hydrogens (tertiary/aromatic N) is 2. The standard InChI is InChI=1S/C17H25N3O3/c1-19(17(22)16-10-15(21)11-18-16)12-13-2-4-14(5-3-13)20-6-8-23-9-7-20/h2-5,15-16,18,21H,6-12H2,1H3/t15-,16-/m0/s1. The summed E-state index contributed by atoms with van der Waals surface area (Å²) in [6, 6.07) is 8.10. The number of likely N-dealkylation sites (N-methyl/N-ethyl adjacent to an activating group) is 1. The molecule has 2 N–H and O–H groups in total. The zero-order chi connectivity index (χ0) is 16.2. The Balaban J connectivity index is 1.56. The second kappa shape index (κ2) is 7.29. The number of amides is 1. The van der Waals surface area contributed by atoms with Crippen molar-refractivity contribution in [3.63, 3.8) is 0 Å². The first-order valence-corrected chi connectivity index (χ1v) is 8.21. The summed E-state index contributed by atoms with van der Waals surface area (Å²) in [7, 11) is 1.81. The summed E-state index contributed by atoms with van der Waals surface area (Å²) in [5.74, 6) is 0.0406. The van der Waals surface area contributed by atoms with Gasteiger partial charge >= 0.3 is 0 Å². The summed E-state index contributed by atoms with van der Waals surface area (Å²) in [6.07, 6.45) is 0.0873. The lowest BCUT2D eigenvalue weighted by molar-refractivity contribution is -0.132. The van der Waals surface area contributed by atoms with Crippen LogP contribution in [0.2, 0.25) is 0 Å². The normalized spacial score (nSPS) is 24.7. The van der Waals surface area contributed by atoms with Gasteiger partial charge in [-0.15, -0.1) is 0 Å². The van der Waals surface area contributed by atoms with E-state index >= 15 is 0 Å². The number of hydrogen-bond acceptors (Lipinski definition) is 5. The third-order valence-electron chi connectivity index (χ3n) is 4.51. The summed E-state index contributed by atoms with van der Waals surface area (Å²) >= 11 is 0. The first-order valence-electron chi connectivity index (χ1n) is 8.21. The maximum Gasteiger partial charge on any atom is 0.239 e. The van der Waals surface area contributed by atoms with Gasteiger partial charge in [0.25, 0.3) is 0 Å². The van der Waals surface area contributed by atoms with Gasteiger partial charge in [0.15, 0.2) is 0 Å². The number of rotatable bonds is 4. The Labute approximate surface area is 137 Å². The van der Waals surface area contributed by atoms with Crippen LogP contribution in [0.15, 0.2) is 24.3 Å². The number of benzene rings is 1.